The lowest BCUT2D eigenvalue weighted by Gasteiger charge is -2.02. The summed E-state index contributed by atoms with van der Waals surface area (Å²) in [4.78, 5) is 3.31. The number of nitrogens with zero attached hydrogens (tertiary/aromatic N) is 1. The molecule has 0 amide bonds. The Morgan fingerprint density at radius 1 is 1.75 bits per heavy atom. The van der Waals surface area contributed by atoms with Gasteiger partial charge in [-0.3, -0.25) is 0 Å². The molecule has 0 saturated heterocycles. The number of hydrogen-bond donors (Lipinski definition) is 1. The molecule has 0 fully saturated rings. The van der Waals surface area contributed by atoms with Crippen LogP contribution in [0.15, 0.2) is 15.7 Å². The lowest BCUT2D eigenvalue weighted by atomic mass is 10.5. The van der Waals surface area contributed by atoms with Crippen molar-refractivity contribution in [3.8, 4) is 0 Å². The van der Waals surface area contributed by atoms with Crippen molar-refractivity contribution < 1.29 is 4.39 Å². The van der Waals surface area contributed by atoms with Gasteiger partial charge in [0.25, 0.3) is 6.09 Å². The molecule has 43 valence electrons. The standard InChI is InChI=1S/C4H3BrFN2/c5-3-1-7-4(6)8-2-3/h1-2H,(H,7,8). The average molecular weight is 178 g/mol. The van der Waals surface area contributed by atoms with E-state index < -0.39 is 6.09 Å². The SMILES string of the molecule is FC1=NC=C(Br)[CH]N1. The van der Waals surface area contributed by atoms with Gasteiger partial charge in [0.05, 0.1) is 6.54 Å². The molecule has 0 unspecified atom stereocenters. The Kier molecular flexibility index (Phi) is 1.62. The van der Waals surface area contributed by atoms with Crippen molar-refractivity contribution in [2.45, 2.75) is 0 Å². The Labute approximate surface area is 54.6 Å². The zero-order chi connectivity index (χ0) is 5.98. The summed E-state index contributed by atoms with van der Waals surface area (Å²) in [6.07, 6.45) is 0.805. The molecule has 0 aromatic rings. The van der Waals surface area contributed by atoms with Gasteiger partial charge >= 0.3 is 0 Å². The van der Waals surface area contributed by atoms with Gasteiger partial charge < -0.3 is 5.32 Å². The predicted molar refractivity (Wildman–Crippen MR) is 33.0 cm³/mol. The fourth-order valence-corrected chi connectivity index (χ4v) is 0.538. The van der Waals surface area contributed by atoms with Crippen LogP contribution in [-0.4, -0.2) is 6.09 Å². The van der Waals surface area contributed by atoms with E-state index in [-0.39, 0.29) is 0 Å². The molecular formula is C4H3BrFN2. The van der Waals surface area contributed by atoms with Crippen LogP contribution in [0.1, 0.15) is 0 Å². The van der Waals surface area contributed by atoms with E-state index in [1.165, 1.54) is 12.7 Å². The van der Waals surface area contributed by atoms with Crippen molar-refractivity contribution >= 4 is 22.0 Å². The molecule has 1 aliphatic heterocycles. The van der Waals surface area contributed by atoms with E-state index in [2.05, 4.69) is 26.2 Å². The maximum Gasteiger partial charge on any atom is 0.283 e. The summed E-state index contributed by atoms with van der Waals surface area (Å²) in [7, 11) is 0. The molecule has 1 heterocycles. The molecule has 0 aromatic heterocycles. The molecule has 2 nitrogen and oxygen atoms in total. The highest BCUT2D eigenvalue weighted by Gasteiger charge is 2.00. The van der Waals surface area contributed by atoms with Crippen molar-refractivity contribution in [3.63, 3.8) is 0 Å². The zero-order valence-electron chi connectivity index (χ0n) is 3.86. The van der Waals surface area contributed by atoms with Crippen LogP contribution in [0, 0.1) is 6.54 Å². The highest BCUT2D eigenvalue weighted by Crippen LogP contribution is 2.09. The van der Waals surface area contributed by atoms with Crippen molar-refractivity contribution in [2.75, 3.05) is 0 Å². The summed E-state index contributed by atoms with van der Waals surface area (Å²) in [5, 5.41) is 2.27. The molecular weight excluding hydrogens is 175 g/mol. The van der Waals surface area contributed by atoms with E-state index >= 15 is 0 Å². The number of rotatable bonds is 0. The minimum atomic E-state index is -0.576. The van der Waals surface area contributed by atoms with Crippen LogP contribution in [-0.2, 0) is 0 Å². The number of halogens is 2. The van der Waals surface area contributed by atoms with Gasteiger partial charge in [-0.05, 0) is 0 Å². The van der Waals surface area contributed by atoms with Crippen LogP contribution < -0.4 is 5.32 Å². The molecule has 4 heteroatoms. The Balaban J connectivity index is 2.65. The van der Waals surface area contributed by atoms with E-state index in [4.69, 9.17) is 0 Å². The molecule has 1 radical (unpaired) electrons. The Morgan fingerprint density at radius 2 is 2.50 bits per heavy atom. The zero-order valence-corrected chi connectivity index (χ0v) is 5.44. The summed E-state index contributed by atoms with van der Waals surface area (Å²) in [5.74, 6) is 0. The topological polar surface area (TPSA) is 24.4 Å². The fourth-order valence-electron chi connectivity index (χ4n) is 0.321. The van der Waals surface area contributed by atoms with Gasteiger partial charge in [-0.25, -0.2) is 4.99 Å². The molecule has 0 spiro atoms. The summed E-state index contributed by atoms with van der Waals surface area (Å²) >= 11 is 3.08. The molecule has 1 aliphatic rings. The van der Waals surface area contributed by atoms with Crippen LogP contribution in [0.25, 0.3) is 0 Å². The molecule has 1 N–H and O–H groups in total. The average Bonchev–Trinajstić information content (AvgIpc) is 1.77. The first-order valence-corrected chi connectivity index (χ1v) is 2.77. The van der Waals surface area contributed by atoms with Crippen LogP contribution in [0.4, 0.5) is 4.39 Å². The highest BCUT2D eigenvalue weighted by atomic mass is 79.9. The summed E-state index contributed by atoms with van der Waals surface area (Å²) in [5.41, 5.74) is 0. The molecule has 1 rings (SSSR count). The molecule has 0 aliphatic carbocycles. The minimum absolute atomic E-state index is 0.576. The normalized spacial score (nSPS) is 18.8. The molecule has 0 bridgehead atoms. The lowest BCUT2D eigenvalue weighted by molar-refractivity contribution is 0.746. The van der Waals surface area contributed by atoms with Crippen LogP contribution in [0.2, 0.25) is 0 Å². The first kappa shape index (κ1) is 5.75. The smallest absolute Gasteiger partial charge is 0.283 e. The van der Waals surface area contributed by atoms with E-state index in [0.29, 0.717) is 0 Å². The lowest BCUT2D eigenvalue weighted by Crippen LogP contribution is -2.17. The van der Waals surface area contributed by atoms with Crippen LogP contribution in [0.3, 0.4) is 0 Å². The van der Waals surface area contributed by atoms with Crippen molar-refractivity contribution in [3.05, 3.63) is 17.2 Å². The van der Waals surface area contributed by atoms with Crippen LogP contribution >= 0.6 is 15.9 Å². The van der Waals surface area contributed by atoms with Crippen molar-refractivity contribution in [1.29, 1.82) is 0 Å². The Bertz CT molecular complexity index is 134. The second kappa shape index (κ2) is 2.26. The number of hydrogen-bond acceptors (Lipinski definition) is 2. The monoisotopic (exact) mass is 177 g/mol. The van der Waals surface area contributed by atoms with Crippen LogP contribution in [0.5, 0.6) is 0 Å². The Hall–Kier alpha value is -0.380. The number of aliphatic imine (C=N–C) groups is 1. The third kappa shape index (κ3) is 1.30. The van der Waals surface area contributed by atoms with Gasteiger partial charge in [0.15, 0.2) is 0 Å². The minimum Gasteiger partial charge on any atom is -0.336 e. The van der Waals surface area contributed by atoms with E-state index in [1.807, 2.05) is 0 Å². The first-order valence-electron chi connectivity index (χ1n) is 1.98. The van der Waals surface area contributed by atoms with E-state index in [0.717, 1.165) is 4.48 Å². The highest BCUT2D eigenvalue weighted by molar-refractivity contribution is 9.11. The van der Waals surface area contributed by atoms with E-state index in [1.54, 1.807) is 0 Å². The molecule has 8 heavy (non-hydrogen) atoms. The Morgan fingerprint density at radius 3 is 2.88 bits per heavy atom. The number of amidine groups is 1. The second-order valence-electron chi connectivity index (χ2n) is 1.22. The van der Waals surface area contributed by atoms with Gasteiger partial charge in [0.1, 0.15) is 0 Å². The molecule has 0 atom stereocenters. The first-order chi connectivity index (χ1) is 3.79. The van der Waals surface area contributed by atoms with E-state index in [9.17, 15) is 4.39 Å². The summed E-state index contributed by atoms with van der Waals surface area (Å²) < 4.78 is 12.6. The maximum absolute atomic E-state index is 11.9. The third-order valence-electron chi connectivity index (χ3n) is 0.630. The largest absolute Gasteiger partial charge is 0.336 e. The second-order valence-corrected chi connectivity index (χ2v) is 2.14. The van der Waals surface area contributed by atoms with Gasteiger partial charge in [0.2, 0.25) is 0 Å². The predicted octanol–water partition coefficient (Wildman–Crippen LogP) is 1.31. The van der Waals surface area contributed by atoms with Gasteiger partial charge in [-0.15, -0.1) is 0 Å². The quantitative estimate of drug-likeness (QED) is 0.555. The van der Waals surface area contributed by atoms with Crippen molar-refractivity contribution in [1.82, 2.24) is 5.32 Å². The van der Waals surface area contributed by atoms with Gasteiger partial charge in [-0.2, -0.15) is 4.39 Å². The number of nitrogens with one attached hydrogen (secondary N) is 1. The summed E-state index contributed by atoms with van der Waals surface area (Å²) in [6.45, 7) is 1.47. The maximum atomic E-state index is 11.9. The van der Waals surface area contributed by atoms with Crippen molar-refractivity contribution in [2.24, 2.45) is 4.99 Å². The molecule has 0 aromatic carbocycles. The third-order valence-corrected chi connectivity index (χ3v) is 1.06. The summed E-state index contributed by atoms with van der Waals surface area (Å²) in [6, 6.07) is 0. The molecule has 0 saturated carbocycles. The van der Waals surface area contributed by atoms with Gasteiger partial charge in [0, 0.05) is 10.7 Å². The van der Waals surface area contributed by atoms with Gasteiger partial charge in [-0.1, -0.05) is 15.9 Å². The fraction of sp³-hybridized carbons (Fsp3) is 0.